The van der Waals surface area contributed by atoms with E-state index in [2.05, 4.69) is 0 Å². The first kappa shape index (κ1) is 13.8. The van der Waals surface area contributed by atoms with Gasteiger partial charge in [0.25, 0.3) is 0 Å². The van der Waals surface area contributed by atoms with Gasteiger partial charge in [-0.05, 0) is 24.5 Å². The zero-order valence-electron chi connectivity index (χ0n) is 10.3. The molecule has 0 amide bonds. The molecule has 1 saturated heterocycles. The number of benzene rings is 1. The van der Waals surface area contributed by atoms with Crippen molar-refractivity contribution in [1.82, 2.24) is 4.31 Å². The zero-order valence-corrected chi connectivity index (χ0v) is 11.1. The molecule has 1 fully saturated rings. The van der Waals surface area contributed by atoms with Crippen LogP contribution in [0.25, 0.3) is 6.08 Å². The largest absolute Gasteiger partial charge is 0.480 e. The molecule has 0 aliphatic carbocycles. The van der Waals surface area contributed by atoms with E-state index in [1.165, 1.54) is 6.08 Å². The Morgan fingerprint density at radius 1 is 1.32 bits per heavy atom. The number of aliphatic carboxylic acids is 1. The molecule has 0 spiro atoms. The Bertz CT molecular complexity index is 580. The van der Waals surface area contributed by atoms with Crippen molar-refractivity contribution in [2.24, 2.45) is 0 Å². The van der Waals surface area contributed by atoms with Crippen molar-refractivity contribution in [2.75, 3.05) is 6.54 Å². The molecule has 1 aromatic rings. The van der Waals surface area contributed by atoms with Gasteiger partial charge in [-0.1, -0.05) is 30.3 Å². The molecule has 1 heterocycles. The average Bonchev–Trinajstić information content (AvgIpc) is 2.88. The minimum Gasteiger partial charge on any atom is -0.480 e. The van der Waals surface area contributed by atoms with E-state index in [1.807, 2.05) is 18.2 Å². The number of nitrogens with zero attached hydrogens (tertiary/aromatic N) is 1. The monoisotopic (exact) mass is 281 g/mol. The van der Waals surface area contributed by atoms with Gasteiger partial charge in [-0.15, -0.1) is 0 Å². The summed E-state index contributed by atoms with van der Waals surface area (Å²) in [6.45, 7) is 0.262. The van der Waals surface area contributed by atoms with E-state index in [-0.39, 0.29) is 6.54 Å². The van der Waals surface area contributed by atoms with Crippen LogP contribution in [0.15, 0.2) is 35.7 Å². The lowest BCUT2D eigenvalue weighted by atomic mass is 10.2. The topological polar surface area (TPSA) is 74.7 Å². The summed E-state index contributed by atoms with van der Waals surface area (Å²) in [5.41, 5.74) is 0.761. The fourth-order valence-corrected chi connectivity index (χ4v) is 3.52. The van der Waals surface area contributed by atoms with Crippen molar-refractivity contribution in [1.29, 1.82) is 0 Å². The third-order valence-corrected chi connectivity index (χ3v) is 4.62. The van der Waals surface area contributed by atoms with Crippen molar-refractivity contribution in [3.63, 3.8) is 0 Å². The molecule has 0 bridgehead atoms. The quantitative estimate of drug-likeness (QED) is 0.908. The molecular formula is C13H15NO4S. The summed E-state index contributed by atoms with van der Waals surface area (Å²) in [6, 6.07) is 8.08. The van der Waals surface area contributed by atoms with Gasteiger partial charge in [0.05, 0.1) is 0 Å². The van der Waals surface area contributed by atoms with E-state index >= 15 is 0 Å². The van der Waals surface area contributed by atoms with E-state index in [1.54, 1.807) is 12.1 Å². The molecule has 1 aliphatic rings. The number of hydrogen-bond acceptors (Lipinski definition) is 3. The van der Waals surface area contributed by atoms with Crippen LogP contribution in [0.2, 0.25) is 0 Å². The smallest absolute Gasteiger partial charge is 0.322 e. The average molecular weight is 281 g/mol. The Hall–Kier alpha value is -1.66. The second-order valence-electron chi connectivity index (χ2n) is 4.37. The number of sulfonamides is 1. The van der Waals surface area contributed by atoms with Crippen LogP contribution >= 0.6 is 0 Å². The second kappa shape index (κ2) is 5.54. The first-order valence-electron chi connectivity index (χ1n) is 5.98. The number of rotatable bonds is 4. The SMILES string of the molecule is O=C(O)C1CCCN1S(=O)(=O)/C=C/c1ccccc1. The summed E-state index contributed by atoms with van der Waals surface area (Å²) >= 11 is 0. The molecule has 102 valence electrons. The molecule has 1 atom stereocenters. The lowest BCUT2D eigenvalue weighted by Gasteiger charge is -2.18. The second-order valence-corrected chi connectivity index (χ2v) is 6.14. The summed E-state index contributed by atoms with van der Waals surface area (Å²) in [4.78, 5) is 11.0. The van der Waals surface area contributed by atoms with Crippen LogP contribution in [0.5, 0.6) is 0 Å². The lowest BCUT2D eigenvalue weighted by molar-refractivity contribution is -0.140. The Labute approximate surface area is 112 Å². The normalized spacial score (nSPS) is 20.9. The van der Waals surface area contributed by atoms with Crippen LogP contribution in [0.4, 0.5) is 0 Å². The highest BCUT2D eigenvalue weighted by molar-refractivity contribution is 7.92. The lowest BCUT2D eigenvalue weighted by Crippen LogP contribution is -2.39. The van der Waals surface area contributed by atoms with Crippen LogP contribution in [0.3, 0.4) is 0 Å². The number of hydrogen-bond donors (Lipinski definition) is 1. The molecule has 5 nitrogen and oxygen atoms in total. The molecular weight excluding hydrogens is 266 g/mol. The molecule has 1 aromatic carbocycles. The fourth-order valence-electron chi connectivity index (χ4n) is 2.10. The summed E-state index contributed by atoms with van der Waals surface area (Å²) in [6.07, 6.45) is 2.43. The van der Waals surface area contributed by atoms with Crippen LogP contribution in [0.1, 0.15) is 18.4 Å². The minimum atomic E-state index is -3.68. The molecule has 1 N–H and O–H groups in total. The Morgan fingerprint density at radius 3 is 2.63 bits per heavy atom. The van der Waals surface area contributed by atoms with Gasteiger partial charge in [0.15, 0.2) is 0 Å². The summed E-state index contributed by atoms with van der Waals surface area (Å²) in [5.74, 6) is -1.09. The highest BCUT2D eigenvalue weighted by Crippen LogP contribution is 2.22. The Kier molecular flexibility index (Phi) is 4.01. The van der Waals surface area contributed by atoms with E-state index in [9.17, 15) is 13.2 Å². The van der Waals surface area contributed by atoms with Gasteiger partial charge in [-0.25, -0.2) is 8.42 Å². The van der Waals surface area contributed by atoms with Gasteiger partial charge >= 0.3 is 5.97 Å². The fraction of sp³-hybridized carbons (Fsp3) is 0.308. The van der Waals surface area contributed by atoms with Gasteiger partial charge in [0, 0.05) is 12.0 Å². The number of carbonyl (C=O) groups is 1. The third-order valence-electron chi connectivity index (χ3n) is 3.05. The van der Waals surface area contributed by atoms with Crippen molar-refractivity contribution >= 4 is 22.1 Å². The maximum Gasteiger partial charge on any atom is 0.322 e. The standard InChI is InChI=1S/C13H15NO4S/c15-13(16)12-7-4-9-14(12)19(17,18)10-8-11-5-2-1-3-6-11/h1-3,5-6,8,10,12H,4,7,9H2,(H,15,16)/b10-8+. The molecule has 1 aliphatic heterocycles. The van der Waals surface area contributed by atoms with Crippen molar-refractivity contribution in [3.8, 4) is 0 Å². The first-order chi connectivity index (χ1) is 9.00. The molecule has 6 heteroatoms. The van der Waals surface area contributed by atoms with Crippen LogP contribution in [-0.4, -0.2) is 36.4 Å². The minimum absolute atomic E-state index is 0.262. The van der Waals surface area contributed by atoms with E-state index in [0.717, 1.165) is 15.3 Å². The summed E-state index contributed by atoms with van der Waals surface area (Å²) in [7, 11) is -3.68. The Morgan fingerprint density at radius 2 is 2.00 bits per heavy atom. The number of carboxylic acid groups (broad SMARTS) is 1. The Balaban J connectivity index is 2.19. The summed E-state index contributed by atoms with van der Waals surface area (Å²) < 4.78 is 25.2. The first-order valence-corrected chi connectivity index (χ1v) is 7.49. The number of carboxylic acids is 1. The van der Waals surface area contributed by atoms with Gasteiger partial charge in [-0.3, -0.25) is 4.79 Å². The van der Waals surface area contributed by atoms with Gasteiger partial charge in [0.1, 0.15) is 6.04 Å². The predicted molar refractivity (Wildman–Crippen MR) is 71.8 cm³/mol. The van der Waals surface area contributed by atoms with Crippen molar-refractivity contribution < 1.29 is 18.3 Å². The van der Waals surface area contributed by atoms with Crippen LogP contribution in [-0.2, 0) is 14.8 Å². The third kappa shape index (κ3) is 3.21. The van der Waals surface area contributed by atoms with E-state index in [0.29, 0.717) is 12.8 Å². The van der Waals surface area contributed by atoms with Crippen molar-refractivity contribution in [2.45, 2.75) is 18.9 Å². The molecule has 19 heavy (non-hydrogen) atoms. The van der Waals surface area contributed by atoms with Gasteiger partial charge < -0.3 is 5.11 Å². The molecule has 1 unspecified atom stereocenters. The molecule has 0 radical (unpaired) electrons. The predicted octanol–water partition coefficient (Wildman–Crippen LogP) is 1.54. The van der Waals surface area contributed by atoms with Gasteiger partial charge in [-0.2, -0.15) is 4.31 Å². The zero-order chi connectivity index (χ0) is 13.9. The van der Waals surface area contributed by atoms with Crippen LogP contribution < -0.4 is 0 Å². The maximum absolute atomic E-state index is 12.1. The highest BCUT2D eigenvalue weighted by atomic mass is 32.2. The summed E-state index contributed by atoms with van der Waals surface area (Å²) in [5, 5.41) is 10.1. The molecule has 0 aromatic heterocycles. The molecule has 0 saturated carbocycles. The maximum atomic E-state index is 12.1. The van der Waals surface area contributed by atoms with Crippen LogP contribution in [0, 0.1) is 0 Å². The van der Waals surface area contributed by atoms with Crippen molar-refractivity contribution in [3.05, 3.63) is 41.3 Å². The van der Waals surface area contributed by atoms with E-state index in [4.69, 9.17) is 5.11 Å². The highest BCUT2D eigenvalue weighted by Gasteiger charge is 2.37. The molecule has 2 rings (SSSR count). The van der Waals surface area contributed by atoms with Gasteiger partial charge in [0.2, 0.25) is 10.0 Å². The van der Waals surface area contributed by atoms with E-state index < -0.39 is 22.0 Å².